The van der Waals surface area contributed by atoms with Gasteiger partial charge in [-0.1, -0.05) is 19.0 Å². The largest absolute Gasteiger partial charge is 0.493 e. The number of nitrogens with one attached hydrogen (secondary N) is 1. The molecule has 0 aliphatic carbocycles. The first-order valence-corrected chi connectivity index (χ1v) is 13.6. The molecule has 0 radical (unpaired) electrons. The van der Waals surface area contributed by atoms with Crippen LogP contribution in [0.2, 0.25) is 0 Å². The Hall–Kier alpha value is -4.09. The normalized spacial score (nSPS) is 14.8. The number of primary amides is 1. The highest BCUT2D eigenvalue weighted by molar-refractivity contribution is 5.97. The van der Waals surface area contributed by atoms with Crippen LogP contribution in [0, 0.1) is 17.7 Å². The smallest absolute Gasteiger partial charge is 0.254 e. The standard InChI is InChI=1S/C28H36FN7O4/c1-17(2)13-24-34-26(35-40-24)20-15-31-28(32-16-20)36-10-8-19(9-11-36)5-4-12-39-21-6-7-22(23(29)14-21)27(38)33-18(3)25(30)37/h6-7,14-19H,4-5,8-13H2,1-3H3,(H2,30,37)(H,33,38)/t18-/m0/s1. The van der Waals surface area contributed by atoms with Crippen molar-refractivity contribution < 1.29 is 23.2 Å². The van der Waals surface area contributed by atoms with Crippen molar-refractivity contribution in [2.75, 3.05) is 24.6 Å². The number of anilines is 1. The summed E-state index contributed by atoms with van der Waals surface area (Å²) in [5.41, 5.74) is 5.69. The third-order valence-corrected chi connectivity index (χ3v) is 6.83. The maximum atomic E-state index is 14.4. The van der Waals surface area contributed by atoms with Gasteiger partial charge in [0, 0.05) is 38.0 Å². The van der Waals surface area contributed by atoms with Crippen LogP contribution < -0.4 is 20.7 Å². The van der Waals surface area contributed by atoms with E-state index >= 15 is 0 Å². The molecule has 1 saturated heterocycles. The SMILES string of the molecule is CC(C)Cc1nc(-c2cnc(N3CCC(CCCOc4ccc(C(=O)N[C@@H](C)C(N)=O)c(F)c4)CC3)nc2)no1. The first-order valence-electron chi connectivity index (χ1n) is 13.6. The van der Waals surface area contributed by atoms with Crippen LogP contribution in [0.4, 0.5) is 10.3 Å². The molecule has 0 bridgehead atoms. The summed E-state index contributed by atoms with van der Waals surface area (Å²) in [4.78, 5) is 38.9. The third kappa shape index (κ3) is 7.73. The van der Waals surface area contributed by atoms with Crippen molar-refractivity contribution in [3.05, 3.63) is 47.9 Å². The fourth-order valence-corrected chi connectivity index (χ4v) is 4.50. The Kier molecular flexibility index (Phi) is 9.62. The van der Waals surface area contributed by atoms with Gasteiger partial charge in [0.25, 0.3) is 5.91 Å². The predicted molar refractivity (Wildman–Crippen MR) is 146 cm³/mol. The molecule has 214 valence electrons. The lowest BCUT2D eigenvalue weighted by Gasteiger charge is -2.32. The first kappa shape index (κ1) is 28.9. The predicted octanol–water partition coefficient (Wildman–Crippen LogP) is 3.54. The molecule has 1 atom stereocenters. The van der Waals surface area contributed by atoms with Crippen molar-refractivity contribution >= 4 is 17.8 Å². The summed E-state index contributed by atoms with van der Waals surface area (Å²) >= 11 is 0. The zero-order valence-corrected chi connectivity index (χ0v) is 23.1. The van der Waals surface area contributed by atoms with Gasteiger partial charge in [0.15, 0.2) is 0 Å². The van der Waals surface area contributed by atoms with Crippen LogP contribution in [-0.2, 0) is 11.2 Å². The fourth-order valence-electron chi connectivity index (χ4n) is 4.50. The van der Waals surface area contributed by atoms with Gasteiger partial charge in [-0.05, 0) is 56.6 Å². The van der Waals surface area contributed by atoms with Crippen molar-refractivity contribution in [3.63, 3.8) is 0 Å². The summed E-state index contributed by atoms with van der Waals surface area (Å²) in [6, 6.07) is 3.16. The number of nitrogens with zero attached hydrogens (tertiary/aromatic N) is 5. The van der Waals surface area contributed by atoms with Gasteiger partial charge in [0.1, 0.15) is 17.6 Å². The van der Waals surface area contributed by atoms with Crippen LogP contribution >= 0.6 is 0 Å². The molecule has 3 aromatic rings. The average molecular weight is 554 g/mol. The van der Waals surface area contributed by atoms with Crippen LogP contribution in [-0.4, -0.2) is 57.7 Å². The lowest BCUT2D eigenvalue weighted by molar-refractivity contribution is -0.119. The molecule has 1 aliphatic rings. The van der Waals surface area contributed by atoms with Crippen molar-refractivity contribution in [2.24, 2.45) is 17.6 Å². The van der Waals surface area contributed by atoms with E-state index in [2.05, 4.69) is 44.2 Å². The summed E-state index contributed by atoms with van der Waals surface area (Å²) in [7, 11) is 0. The van der Waals surface area contributed by atoms with E-state index in [4.69, 9.17) is 15.0 Å². The monoisotopic (exact) mass is 553 g/mol. The van der Waals surface area contributed by atoms with E-state index in [-0.39, 0.29) is 5.56 Å². The number of hydrogen-bond donors (Lipinski definition) is 2. The number of carbonyl (C=O) groups excluding carboxylic acids is 2. The van der Waals surface area contributed by atoms with Gasteiger partial charge in [-0.3, -0.25) is 9.59 Å². The lowest BCUT2D eigenvalue weighted by Crippen LogP contribution is -2.42. The maximum Gasteiger partial charge on any atom is 0.254 e. The second-order valence-electron chi connectivity index (χ2n) is 10.5. The number of rotatable bonds is 12. The highest BCUT2D eigenvalue weighted by Gasteiger charge is 2.22. The van der Waals surface area contributed by atoms with E-state index in [0.717, 1.165) is 50.8 Å². The molecular formula is C28H36FN7O4. The van der Waals surface area contributed by atoms with Crippen LogP contribution in [0.5, 0.6) is 5.75 Å². The Labute approximate surface area is 232 Å². The molecule has 0 unspecified atom stereocenters. The topological polar surface area (TPSA) is 149 Å². The number of carbonyl (C=O) groups is 2. The van der Waals surface area contributed by atoms with Crippen LogP contribution in [0.15, 0.2) is 35.1 Å². The van der Waals surface area contributed by atoms with Gasteiger partial charge in [-0.25, -0.2) is 14.4 Å². The molecule has 12 heteroatoms. The van der Waals surface area contributed by atoms with Crippen molar-refractivity contribution in [1.29, 1.82) is 0 Å². The van der Waals surface area contributed by atoms with Crippen LogP contribution in [0.3, 0.4) is 0 Å². The third-order valence-electron chi connectivity index (χ3n) is 6.83. The van der Waals surface area contributed by atoms with Crippen molar-refractivity contribution in [1.82, 2.24) is 25.4 Å². The summed E-state index contributed by atoms with van der Waals surface area (Å²) in [5, 5.41) is 6.40. The highest BCUT2D eigenvalue weighted by Crippen LogP contribution is 2.25. The van der Waals surface area contributed by atoms with Gasteiger partial charge in [0.2, 0.25) is 23.6 Å². The van der Waals surface area contributed by atoms with E-state index < -0.39 is 23.7 Å². The van der Waals surface area contributed by atoms with Crippen LogP contribution in [0.25, 0.3) is 11.4 Å². The molecule has 3 heterocycles. The van der Waals surface area contributed by atoms with Gasteiger partial charge in [-0.15, -0.1) is 0 Å². The molecule has 1 aromatic carbocycles. The summed E-state index contributed by atoms with van der Waals surface area (Å²) in [6.07, 6.45) is 8.09. The quantitative estimate of drug-likeness (QED) is 0.321. The van der Waals surface area contributed by atoms with Gasteiger partial charge in [-0.2, -0.15) is 4.98 Å². The van der Waals surface area contributed by atoms with E-state index in [1.54, 1.807) is 18.5 Å². The second-order valence-corrected chi connectivity index (χ2v) is 10.5. The molecule has 1 fully saturated rings. The molecule has 0 saturated carbocycles. The molecule has 2 amide bonds. The van der Waals surface area contributed by atoms with Gasteiger partial charge in [0.05, 0.1) is 17.7 Å². The molecule has 1 aliphatic heterocycles. The number of hydrogen-bond acceptors (Lipinski definition) is 9. The maximum absolute atomic E-state index is 14.4. The first-order chi connectivity index (χ1) is 19.2. The zero-order valence-electron chi connectivity index (χ0n) is 23.1. The lowest BCUT2D eigenvalue weighted by atomic mass is 9.92. The Balaban J connectivity index is 1.17. The molecule has 3 N–H and O–H groups in total. The minimum atomic E-state index is -0.895. The van der Waals surface area contributed by atoms with E-state index in [1.807, 2.05) is 0 Å². The average Bonchev–Trinajstić information content (AvgIpc) is 3.39. The number of aromatic nitrogens is 4. The van der Waals surface area contributed by atoms with Crippen molar-refractivity contribution in [2.45, 2.75) is 58.9 Å². The van der Waals surface area contributed by atoms with Crippen molar-refractivity contribution in [3.8, 4) is 17.1 Å². The summed E-state index contributed by atoms with van der Waals surface area (Å²) < 4.78 is 25.4. The molecule has 40 heavy (non-hydrogen) atoms. The van der Waals surface area contributed by atoms with Gasteiger partial charge < -0.3 is 25.2 Å². The molecule has 0 spiro atoms. The Morgan fingerprint density at radius 2 is 1.93 bits per heavy atom. The van der Waals surface area contributed by atoms with E-state index in [1.165, 1.54) is 19.1 Å². The number of benzene rings is 1. The van der Waals surface area contributed by atoms with Gasteiger partial charge >= 0.3 is 0 Å². The number of piperidine rings is 1. The molecular weight excluding hydrogens is 517 g/mol. The Bertz CT molecular complexity index is 1290. The fraction of sp³-hybridized carbons (Fsp3) is 0.500. The number of ether oxygens (including phenoxy) is 1. The zero-order chi connectivity index (χ0) is 28.6. The van der Waals surface area contributed by atoms with E-state index in [9.17, 15) is 14.0 Å². The number of nitrogens with two attached hydrogens (primary N) is 1. The Morgan fingerprint density at radius 3 is 2.58 bits per heavy atom. The Morgan fingerprint density at radius 1 is 1.20 bits per heavy atom. The molecule has 11 nitrogen and oxygen atoms in total. The summed E-state index contributed by atoms with van der Waals surface area (Å²) in [5.74, 6) is 1.04. The minimum Gasteiger partial charge on any atom is -0.493 e. The van der Waals surface area contributed by atoms with Crippen LogP contribution in [0.1, 0.15) is 62.7 Å². The minimum absolute atomic E-state index is 0.170. The second kappa shape index (κ2) is 13.3. The molecule has 4 rings (SSSR count). The molecule has 2 aromatic heterocycles. The summed E-state index contributed by atoms with van der Waals surface area (Å²) in [6.45, 7) is 7.83. The number of amides is 2. The number of halogens is 1. The highest BCUT2D eigenvalue weighted by atomic mass is 19.1. The van der Waals surface area contributed by atoms with E-state index in [0.29, 0.717) is 41.9 Å².